The number of nitrogens with zero attached hydrogens (tertiary/aromatic N) is 4. The molecule has 14 heavy (non-hydrogen) atoms. The van der Waals surface area contributed by atoms with Gasteiger partial charge in [-0.2, -0.15) is 5.11 Å². The van der Waals surface area contributed by atoms with Crippen molar-refractivity contribution in [1.82, 2.24) is 0 Å². The molecule has 0 bridgehead atoms. The van der Waals surface area contributed by atoms with Gasteiger partial charge in [0.05, 0.1) is 18.0 Å². The molecule has 0 atom stereocenters. The average Bonchev–Trinajstić information content (AvgIpc) is 2.85. The normalized spacial score (nSPS) is 18.0. The molecule has 2 aliphatic rings. The summed E-state index contributed by atoms with van der Waals surface area (Å²) in [6.45, 7) is 1.33. The molecule has 2 aliphatic heterocycles. The van der Waals surface area contributed by atoms with Crippen LogP contribution in [0.4, 0.5) is 11.4 Å². The molecule has 0 saturated heterocycles. The average molecular weight is 187 g/mol. The fourth-order valence-corrected chi connectivity index (χ4v) is 1.69. The predicted octanol–water partition coefficient (Wildman–Crippen LogP) is 1.66. The quantitative estimate of drug-likeness (QED) is 0.671. The lowest BCUT2D eigenvalue weighted by molar-refractivity contribution is 1.06. The van der Waals surface area contributed by atoms with Crippen LogP contribution in [0, 0.1) is 0 Å². The minimum Gasteiger partial charge on any atom is -0.366 e. The van der Waals surface area contributed by atoms with Crippen LogP contribution in [0.15, 0.2) is 39.7 Å². The van der Waals surface area contributed by atoms with Crippen molar-refractivity contribution in [1.29, 1.82) is 0 Å². The minimum atomic E-state index is 0.579. The maximum Gasteiger partial charge on any atom is 0.159 e. The zero-order valence-electron chi connectivity index (χ0n) is 7.51. The second kappa shape index (κ2) is 2.80. The van der Waals surface area contributed by atoms with Crippen molar-refractivity contribution >= 4 is 17.2 Å². The highest BCUT2D eigenvalue weighted by molar-refractivity contribution is 6.04. The highest BCUT2D eigenvalue weighted by atomic mass is 15.5. The van der Waals surface area contributed by atoms with Crippen molar-refractivity contribution in [2.24, 2.45) is 15.4 Å². The number of nitrogens with one attached hydrogen (secondary N) is 1. The van der Waals surface area contributed by atoms with Crippen molar-refractivity contribution in [3.63, 3.8) is 0 Å². The van der Waals surface area contributed by atoms with E-state index in [2.05, 4.69) is 37.8 Å². The van der Waals surface area contributed by atoms with E-state index in [0.29, 0.717) is 6.54 Å². The van der Waals surface area contributed by atoms with Crippen molar-refractivity contribution in [3.05, 3.63) is 24.3 Å². The third-order valence-electron chi connectivity index (χ3n) is 2.37. The first-order chi connectivity index (χ1) is 6.95. The fourth-order valence-electron chi connectivity index (χ4n) is 1.69. The number of rotatable bonds is 0. The molecule has 5 heteroatoms. The zero-order valence-corrected chi connectivity index (χ0v) is 7.51. The number of fused-ring (bicyclic) bond motifs is 1. The van der Waals surface area contributed by atoms with E-state index >= 15 is 0 Å². The Morgan fingerprint density at radius 3 is 3.07 bits per heavy atom. The smallest absolute Gasteiger partial charge is 0.159 e. The standard InChI is InChI=1S/C9H9N5/c1-2-4-8-7(3-1)10-6-14(8)9-5-11-13-12-9/h1-4,10H,5-6H2. The van der Waals surface area contributed by atoms with Gasteiger partial charge in [-0.15, -0.1) is 5.10 Å². The van der Waals surface area contributed by atoms with Crippen LogP contribution >= 0.6 is 0 Å². The lowest BCUT2D eigenvalue weighted by Crippen LogP contribution is -2.31. The van der Waals surface area contributed by atoms with E-state index in [1.54, 1.807) is 0 Å². The zero-order chi connectivity index (χ0) is 9.38. The van der Waals surface area contributed by atoms with Crippen LogP contribution in [-0.2, 0) is 0 Å². The Bertz CT molecular complexity index is 423. The molecule has 2 heterocycles. The third-order valence-corrected chi connectivity index (χ3v) is 2.37. The molecule has 0 unspecified atom stereocenters. The molecule has 1 aromatic carbocycles. The lowest BCUT2D eigenvalue weighted by atomic mass is 10.2. The van der Waals surface area contributed by atoms with E-state index < -0.39 is 0 Å². The molecule has 1 aromatic rings. The molecule has 0 fully saturated rings. The van der Waals surface area contributed by atoms with Crippen molar-refractivity contribution < 1.29 is 0 Å². The van der Waals surface area contributed by atoms with Crippen molar-refractivity contribution in [3.8, 4) is 0 Å². The number of hydrogen-bond donors (Lipinski definition) is 1. The van der Waals surface area contributed by atoms with E-state index in [9.17, 15) is 0 Å². The summed E-state index contributed by atoms with van der Waals surface area (Å²) in [6.07, 6.45) is 0. The van der Waals surface area contributed by atoms with Gasteiger partial charge in [-0.3, -0.25) is 0 Å². The molecule has 0 saturated carbocycles. The molecular formula is C9H9N5. The van der Waals surface area contributed by atoms with Gasteiger partial charge in [-0.05, 0) is 17.4 Å². The molecule has 3 rings (SSSR count). The number of para-hydroxylation sites is 2. The van der Waals surface area contributed by atoms with Crippen molar-refractivity contribution in [2.45, 2.75) is 0 Å². The molecule has 0 spiro atoms. The first-order valence-corrected chi connectivity index (χ1v) is 4.49. The van der Waals surface area contributed by atoms with E-state index in [-0.39, 0.29) is 0 Å². The van der Waals surface area contributed by atoms with Crippen LogP contribution in [-0.4, -0.2) is 19.0 Å². The van der Waals surface area contributed by atoms with Gasteiger partial charge >= 0.3 is 0 Å². The van der Waals surface area contributed by atoms with Gasteiger partial charge < -0.3 is 10.2 Å². The maximum absolute atomic E-state index is 3.98. The molecule has 0 aromatic heterocycles. The van der Waals surface area contributed by atoms with Gasteiger partial charge in [0.2, 0.25) is 0 Å². The Balaban J connectivity index is 1.98. The van der Waals surface area contributed by atoms with Gasteiger partial charge in [0.15, 0.2) is 5.84 Å². The number of anilines is 2. The van der Waals surface area contributed by atoms with E-state index in [4.69, 9.17) is 0 Å². The van der Waals surface area contributed by atoms with Crippen LogP contribution in [0.2, 0.25) is 0 Å². The van der Waals surface area contributed by atoms with E-state index in [0.717, 1.165) is 23.9 Å². The molecule has 0 radical (unpaired) electrons. The topological polar surface area (TPSA) is 52.3 Å². The molecule has 0 amide bonds. The third kappa shape index (κ3) is 0.985. The Morgan fingerprint density at radius 1 is 1.29 bits per heavy atom. The maximum atomic E-state index is 3.98. The van der Waals surface area contributed by atoms with Crippen LogP contribution in [0.5, 0.6) is 0 Å². The number of hydrogen-bond acceptors (Lipinski definition) is 5. The summed E-state index contributed by atoms with van der Waals surface area (Å²) in [5.41, 5.74) is 2.29. The van der Waals surface area contributed by atoms with Crippen molar-refractivity contribution in [2.75, 3.05) is 23.4 Å². The predicted molar refractivity (Wildman–Crippen MR) is 54.6 cm³/mol. The van der Waals surface area contributed by atoms with Crippen LogP contribution in [0.25, 0.3) is 0 Å². The molecule has 70 valence electrons. The Hall–Kier alpha value is -1.91. The number of amidine groups is 1. The molecular weight excluding hydrogens is 178 g/mol. The Kier molecular flexibility index (Phi) is 1.50. The number of benzene rings is 1. The Labute approximate surface area is 81.1 Å². The highest BCUT2D eigenvalue weighted by Crippen LogP contribution is 2.31. The Morgan fingerprint density at radius 2 is 2.21 bits per heavy atom. The van der Waals surface area contributed by atoms with Gasteiger partial charge in [0.25, 0.3) is 0 Å². The van der Waals surface area contributed by atoms with E-state index in [1.165, 1.54) is 0 Å². The van der Waals surface area contributed by atoms with Crippen LogP contribution < -0.4 is 10.2 Å². The monoisotopic (exact) mass is 187 g/mol. The highest BCUT2D eigenvalue weighted by Gasteiger charge is 2.23. The lowest BCUT2D eigenvalue weighted by Gasteiger charge is -2.15. The molecule has 1 N–H and O–H groups in total. The second-order valence-electron chi connectivity index (χ2n) is 3.19. The van der Waals surface area contributed by atoms with Crippen LogP contribution in [0.1, 0.15) is 0 Å². The van der Waals surface area contributed by atoms with Crippen LogP contribution in [0.3, 0.4) is 0 Å². The minimum absolute atomic E-state index is 0.579. The molecule has 5 nitrogen and oxygen atoms in total. The van der Waals surface area contributed by atoms with Gasteiger partial charge in [-0.1, -0.05) is 12.1 Å². The summed E-state index contributed by atoms with van der Waals surface area (Å²) >= 11 is 0. The van der Waals surface area contributed by atoms with E-state index in [1.807, 2.05) is 12.1 Å². The molecule has 0 aliphatic carbocycles. The summed E-state index contributed by atoms with van der Waals surface area (Å²) in [5, 5.41) is 14.7. The summed E-state index contributed by atoms with van der Waals surface area (Å²) in [4.78, 5) is 2.09. The summed E-state index contributed by atoms with van der Waals surface area (Å²) in [6, 6.07) is 8.15. The summed E-state index contributed by atoms with van der Waals surface area (Å²) < 4.78 is 0. The summed E-state index contributed by atoms with van der Waals surface area (Å²) in [5.74, 6) is 0.905. The SMILES string of the molecule is c1ccc2c(c1)NCN2C1=NN=NC1. The second-order valence-corrected chi connectivity index (χ2v) is 3.19. The largest absolute Gasteiger partial charge is 0.366 e. The first-order valence-electron chi connectivity index (χ1n) is 4.49. The van der Waals surface area contributed by atoms with Gasteiger partial charge in [0.1, 0.15) is 6.54 Å². The van der Waals surface area contributed by atoms with Gasteiger partial charge in [0, 0.05) is 0 Å². The first kappa shape index (κ1) is 7.49. The summed E-state index contributed by atoms with van der Waals surface area (Å²) in [7, 11) is 0. The van der Waals surface area contributed by atoms with Gasteiger partial charge in [-0.25, -0.2) is 0 Å². The fraction of sp³-hybridized carbons (Fsp3) is 0.222.